The Morgan fingerprint density at radius 2 is 2.05 bits per heavy atom. The maximum absolute atomic E-state index is 12.1. The van der Waals surface area contributed by atoms with Crippen molar-refractivity contribution in [1.29, 1.82) is 0 Å². The lowest BCUT2D eigenvalue weighted by molar-refractivity contribution is -0.114. The third-order valence-corrected chi connectivity index (χ3v) is 3.81. The van der Waals surface area contributed by atoms with Crippen molar-refractivity contribution < 1.29 is 9.59 Å². The smallest absolute Gasteiger partial charge is 0.251 e. The van der Waals surface area contributed by atoms with E-state index in [9.17, 15) is 9.59 Å². The number of imidazole rings is 1. The molecule has 0 saturated carbocycles. The molecule has 3 rings (SSSR count). The number of amides is 2. The van der Waals surface area contributed by atoms with Crippen LogP contribution in [0.2, 0.25) is 0 Å². The van der Waals surface area contributed by atoms with Crippen LogP contribution >= 0.6 is 11.3 Å². The summed E-state index contributed by atoms with van der Waals surface area (Å²) in [6.07, 6.45) is 3.82. The lowest BCUT2D eigenvalue weighted by Crippen LogP contribution is -2.22. The van der Waals surface area contributed by atoms with E-state index in [4.69, 9.17) is 0 Å². The molecule has 22 heavy (non-hydrogen) atoms. The Labute approximate surface area is 130 Å². The molecular formula is C15H14N4O2S. The van der Waals surface area contributed by atoms with E-state index < -0.39 is 0 Å². The fourth-order valence-corrected chi connectivity index (χ4v) is 2.76. The molecule has 6 nitrogen and oxygen atoms in total. The summed E-state index contributed by atoms with van der Waals surface area (Å²) >= 11 is 1.55. The molecule has 0 aliphatic heterocycles. The molecule has 0 radical (unpaired) electrons. The van der Waals surface area contributed by atoms with Crippen LogP contribution in [0.3, 0.4) is 0 Å². The van der Waals surface area contributed by atoms with Crippen LogP contribution in [0.1, 0.15) is 23.0 Å². The van der Waals surface area contributed by atoms with E-state index >= 15 is 0 Å². The number of hydrogen-bond donors (Lipinski definition) is 2. The van der Waals surface area contributed by atoms with Crippen LogP contribution in [0.4, 0.5) is 5.69 Å². The van der Waals surface area contributed by atoms with Crippen LogP contribution in [0.15, 0.2) is 42.0 Å². The minimum Gasteiger partial charge on any atom is -0.346 e. The van der Waals surface area contributed by atoms with E-state index in [0.29, 0.717) is 17.8 Å². The Balaban J connectivity index is 1.61. The van der Waals surface area contributed by atoms with Gasteiger partial charge in [-0.15, -0.1) is 11.3 Å². The minimum absolute atomic E-state index is 0.142. The third kappa shape index (κ3) is 3.15. The Bertz CT molecular complexity index is 791. The lowest BCUT2D eigenvalue weighted by atomic mass is 10.2. The second-order valence-electron chi connectivity index (χ2n) is 4.77. The molecule has 2 aromatic heterocycles. The minimum atomic E-state index is -0.175. The summed E-state index contributed by atoms with van der Waals surface area (Å²) in [6.45, 7) is 1.82. The van der Waals surface area contributed by atoms with Gasteiger partial charge in [0.2, 0.25) is 5.91 Å². The molecule has 7 heteroatoms. The standard InChI is InChI=1S/C15H14N4O2S/c1-10(20)17-12-4-2-11(3-5-12)14(21)16-8-13-9-19-6-7-22-15(19)18-13/h2-7,9H,8H2,1H3,(H,16,21)(H,17,20). The highest BCUT2D eigenvalue weighted by molar-refractivity contribution is 7.15. The highest BCUT2D eigenvalue weighted by Gasteiger charge is 2.08. The van der Waals surface area contributed by atoms with Gasteiger partial charge in [-0.2, -0.15) is 0 Å². The summed E-state index contributed by atoms with van der Waals surface area (Å²) in [6, 6.07) is 6.74. The Hall–Kier alpha value is -2.67. The molecule has 2 N–H and O–H groups in total. The number of carbonyl (C=O) groups excluding carboxylic acids is 2. The number of rotatable bonds is 4. The molecule has 2 heterocycles. The van der Waals surface area contributed by atoms with Crippen LogP contribution in [-0.4, -0.2) is 21.2 Å². The molecule has 0 aliphatic carbocycles. The zero-order valence-corrected chi connectivity index (χ0v) is 12.7. The van der Waals surface area contributed by atoms with Crippen LogP contribution in [-0.2, 0) is 11.3 Å². The number of nitrogens with one attached hydrogen (secondary N) is 2. The van der Waals surface area contributed by atoms with Gasteiger partial charge in [0.25, 0.3) is 5.91 Å². The van der Waals surface area contributed by atoms with Crippen molar-refractivity contribution in [3.63, 3.8) is 0 Å². The quantitative estimate of drug-likeness (QED) is 0.776. The highest BCUT2D eigenvalue weighted by atomic mass is 32.1. The van der Waals surface area contributed by atoms with Gasteiger partial charge < -0.3 is 10.6 Å². The fourth-order valence-electron chi connectivity index (χ4n) is 2.04. The Morgan fingerprint density at radius 1 is 1.27 bits per heavy atom. The van der Waals surface area contributed by atoms with Gasteiger partial charge in [-0.05, 0) is 24.3 Å². The van der Waals surface area contributed by atoms with Crippen molar-refractivity contribution in [2.24, 2.45) is 0 Å². The molecule has 2 amide bonds. The van der Waals surface area contributed by atoms with Gasteiger partial charge >= 0.3 is 0 Å². The molecule has 0 atom stereocenters. The second kappa shape index (κ2) is 5.98. The number of hydrogen-bond acceptors (Lipinski definition) is 4. The fraction of sp³-hybridized carbons (Fsp3) is 0.133. The maximum Gasteiger partial charge on any atom is 0.251 e. The SMILES string of the molecule is CC(=O)Nc1ccc(C(=O)NCc2cn3ccsc3n2)cc1. The van der Waals surface area contributed by atoms with Gasteiger partial charge in [-0.3, -0.25) is 14.0 Å². The van der Waals surface area contributed by atoms with Crippen molar-refractivity contribution >= 4 is 33.8 Å². The number of anilines is 1. The van der Waals surface area contributed by atoms with Gasteiger partial charge in [-0.25, -0.2) is 4.98 Å². The van der Waals surface area contributed by atoms with Crippen molar-refractivity contribution in [3.05, 3.63) is 53.3 Å². The first kappa shape index (κ1) is 14.3. The zero-order valence-electron chi connectivity index (χ0n) is 11.9. The number of thiazole rings is 1. The normalized spacial score (nSPS) is 10.6. The van der Waals surface area contributed by atoms with Gasteiger partial charge in [0.1, 0.15) is 0 Å². The first-order valence-electron chi connectivity index (χ1n) is 6.69. The first-order valence-corrected chi connectivity index (χ1v) is 7.57. The third-order valence-electron chi connectivity index (χ3n) is 3.04. The van der Waals surface area contributed by atoms with E-state index in [2.05, 4.69) is 15.6 Å². The van der Waals surface area contributed by atoms with E-state index in [0.717, 1.165) is 10.7 Å². The average molecular weight is 314 g/mol. The van der Waals surface area contributed by atoms with Crippen LogP contribution < -0.4 is 10.6 Å². The van der Waals surface area contributed by atoms with Gasteiger partial charge in [-0.1, -0.05) is 0 Å². The molecular weight excluding hydrogens is 300 g/mol. The van der Waals surface area contributed by atoms with Crippen molar-refractivity contribution in [2.45, 2.75) is 13.5 Å². The predicted molar refractivity (Wildman–Crippen MR) is 85.0 cm³/mol. The largest absolute Gasteiger partial charge is 0.346 e. The summed E-state index contributed by atoms with van der Waals surface area (Å²) in [7, 11) is 0. The Morgan fingerprint density at radius 3 is 2.73 bits per heavy atom. The van der Waals surface area contributed by atoms with Gasteiger partial charge in [0.15, 0.2) is 4.96 Å². The molecule has 0 unspecified atom stereocenters. The molecule has 0 bridgehead atoms. The first-order chi connectivity index (χ1) is 10.6. The van der Waals surface area contributed by atoms with E-state index in [1.807, 2.05) is 22.2 Å². The molecule has 3 aromatic rings. The van der Waals surface area contributed by atoms with E-state index in [-0.39, 0.29) is 11.8 Å². The molecule has 0 spiro atoms. The van der Waals surface area contributed by atoms with E-state index in [1.54, 1.807) is 35.6 Å². The number of benzene rings is 1. The maximum atomic E-state index is 12.1. The number of nitrogens with zero attached hydrogens (tertiary/aromatic N) is 2. The molecule has 0 aliphatic rings. The summed E-state index contributed by atoms with van der Waals surface area (Å²) in [5.74, 6) is -0.317. The summed E-state index contributed by atoms with van der Waals surface area (Å²) in [5, 5.41) is 7.45. The lowest BCUT2D eigenvalue weighted by Gasteiger charge is -2.05. The van der Waals surface area contributed by atoms with Gasteiger partial charge in [0.05, 0.1) is 12.2 Å². The predicted octanol–water partition coefficient (Wildman–Crippen LogP) is 2.28. The average Bonchev–Trinajstić information content (AvgIpc) is 3.06. The summed E-state index contributed by atoms with van der Waals surface area (Å²) < 4.78 is 1.92. The molecule has 112 valence electrons. The summed E-state index contributed by atoms with van der Waals surface area (Å²) in [4.78, 5) is 28.3. The van der Waals surface area contributed by atoms with Crippen molar-refractivity contribution in [3.8, 4) is 0 Å². The number of aromatic nitrogens is 2. The van der Waals surface area contributed by atoms with Gasteiger partial charge in [0, 0.05) is 35.9 Å². The second-order valence-corrected chi connectivity index (χ2v) is 5.64. The molecule has 1 aromatic carbocycles. The highest BCUT2D eigenvalue weighted by Crippen LogP contribution is 2.12. The monoisotopic (exact) mass is 314 g/mol. The molecule has 0 fully saturated rings. The van der Waals surface area contributed by atoms with Crippen LogP contribution in [0.5, 0.6) is 0 Å². The molecule has 0 saturated heterocycles. The number of carbonyl (C=O) groups is 2. The van der Waals surface area contributed by atoms with Crippen molar-refractivity contribution in [1.82, 2.24) is 14.7 Å². The van der Waals surface area contributed by atoms with Crippen LogP contribution in [0, 0.1) is 0 Å². The zero-order chi connectivity index (χ0) is 15.5. The Kier molecular flexibility index (Phi) is 3.88. The number of fused-ring (bicyclic) bond motifs is 1. The summed E-state index contributed by atoms with van der Waals surface area (Å²) in [5.41, 5.74) is 2.02. The van der Waals surface area contributed by atoms with Crippen LogP contribution in [0.25, 0.3) is 4.96 Å². The topological polar surface area (TPSA) is 75.5 Å². The van der Waals surface area contributed by atoms with Crippen molar-refractivity contribution in [2.75, 3.05) is 5.32 Å². The van der Waals surface area contributed by atoms with E-state index in [1.165, 1.54) is 6.92 Å².